The van der Waals surface area contributed by atoms with Crippen LogP contribution in [0.15, 0.2) is 18.2 Å². The first kappa shape index (κ1) is 12.4. The van der Waals surface area contributed by atoms with Crippen molar-refractivity contribution in [2.24, 2.45) is 0 Å². The van der Waals surface area contributed by atoms with Crippen molar-refractivity contribution in [2.75, 3.05) is 0 Å². The van der Waals surface area contributed by atoms with E-state index < -0.39 is 8.60 Å². The molecule has 0 bridgehead atoms. The highest BCUT2D eigenvalue weighted by atomic mass is 31.2. The van der Waals surface area contributed by atoms with Gasteiger partial charge in [-0.2, -0.15) is 0 Å². The summed E-state index contributed by atoms with van der Waals surface area (Å²) >= 11 is 0. The van der Waals surface area contributed by atoms with Crippen LogP contribution >= 0.6 is 8.60 Å². The van der Waals surface area contributed by atoms with E-state index >= 15 is 0 Å². The van der Waals surface area contributed by atoms with Crippen LogP contribution in [0.5, 0.6) is 5.75 Å². The van der Waals surface area contributed by atoms with E-state index in [0.717, 1.165) is 30.4 Å². The second kappa shape index (κ2) is 6.06. The summed E-state index contributed by atoms with van der Waals surface area (Å²) in [6.07, 6.45) is 3.10. The molecule has 0 unspecified atom stereocenters. The molecule has 0 amide bonds. The molecule has 0 aliphatic heterocycles. The summed E-state index contributed by atoms with van der Waals surface area (Å²) in [5.74, 6) is 0.588. The molecular formula is C11H17O3P. The summed E-state index contributed by atoms with van der Waals surface area (Å²) in [6, 6.07) is 5.73. The van der Waals surface area contributed by atoms with Gasteiger partial charge in [-0.05, 0) is 31.4 Å². The van der Waals surface area contributed by atoms with Gasteiger partial charge in [0.05, 0.1) is 0 Å². The predicted molar refractivity (Wildman–Crippen MR) is 61.8 cm³/mol. The van der Waals surface area contributed by atoms with Crippen molar-refractivity contribution in [2.45, 2.75) is 33.1 Å². The van der Waals surface area contributed by atoms with Crippen LogP contribution in [0.1, 0.15) is 30.9 Å². The Morgan fingerprint density at radius 1 is 1.33 bits per heavy atom. The van der Waals surface area contributed by atoms with E-state index in [2.05, 4.69) is 6.92 Å². The molecule has 3 nitrogen and oxygen atoms in total. The fourth-order valence-electron chi connectivity index (χ4n) is 1.45. The molecule has 0 fully saturated rings. The molecule has 0 saturated carbocycles. The minimum absolute atomic E-state index is 0.588. The smallest absolute Gasteiger partial charge is 0.391 e. The van der Waals surface area contributed by atoms with E-state index in [1.54, 1.807) is 6.07 Å². The Morgan fingerprint density at radius 2 is 2.07 bits per heavy atom. The Bertz CT molecular complexity index is 313. The molecule has 0 aliphatic carbocycles. The Kier molecular flexibility index (Phi) is 5.03. The van der Waals surface area contributed by atoms with Crippen molar-refractivity contribution in [3.63, 3.8) is 0 Å². The molecule has 0 heterocycles. The van der Waals surface area contributed by atoms with E-state index in [0.29, 0.717) is 5.75 Å². The standard InChI is InChI=1S/C11H17O3P/c1-3-4-5-10-8-9(2)6-7-11(10)14-15(12)13/h6-8,12-13H,3-5H2,1-2H3. The molecular weight excluding hydrogens is 211 g/mol. The first-order valence-electron chi connectivity index (χ1n) is 5.09. The van der Waals surface area contributed by atoms with Gasteiger partial charge in [-0.1, -0.05) is 31.0 Å². The Balaban J connectivity index is 2.82. The van der Waals surface area contributed by atoms with Crippen molar-refractivity contribution in [3.05, 3.63) is 29.3 Å². The third-order valence-corrected chi connectivity index (χ3v) is 2.56. The molecule has 1 rings (SSSR count). The highest BCUT2D eigenvalue weighted by Gasteiger charge is 2.08. The maximum absolute atomic E-state index is 8.82. The molecule has 0 radical (unpaired) electrons. The maximum Gasteiger partial charge on any atom is 0.391 e. The van der Waals surface area contributed by atoms with Gasteiger partial charge in [0.15, 0.2) is 0 Å². The zero-order chi connectivity index (χ0) is 11.3. The van der Waals surface area contributed by atoms with Gasteiger partial charge in [-0.15, -0.1) is 0 Å². The zero-order valence-corrected chi connectivity index (χ0v) is 10.00. The van der Waals surface area contributed by atoms with Crippen LogP contribution in [0.25, 0.3) is 0 Å². The zero-order valence-electron chi connectivity index (χ0n) is 9.10. The summed E-state index contributed by atoms with van der Waals surface area (Å²) in [4.78, 5) is 17.6. The summed E-state index contributed by atoms with van der Waals surface area (Å²) < 4.78 is 4.97. The van der Waals surface area contributed by atoms with Gasteiger partial charge in [-0.3, -0.25) is 0 Å². The summed E-state index contributed by atoms with van der Waals surface area (Å²) in [5, 5.41) is 0. The van der Waals surface area contributed by atoms with Gasteiger partial charge in [-0.25, -0.2) is 0 Å². The molecule has 0 atom stereocenters. The Hall–Kier alpha value is -0.630. The number of rotatable bonds is 5. The van der Waals surface area contributed by atoms with Crippen LogP contribution in [0, 0.1) is 6.92 Å². The fraction of sp³-hybridized carbons (Fsp3) is 0.455. The lowest BCUT2D eigenvalue weighted by molar-refractivity contribution is 0.373. The fourth-order valence-corrected chi connectivity index (χ4v) is 1.80. The average molecular weight is 228 g/mol. The van der Waals surface area contributed by atoms with Crippen LogP contribution in [0.3, 0.4) is 0 Å². The van der Waals surface area contributed by atoms with Crippen molar-refractivity contribution >= 4 is 8.60 Å². The van der Waals surface area contributed by atoms with Gasteiger partial charge < -0.3 is 14.3 Å². The quantitative estimate of drug-likeness (QED) is 0.762. The lowest BCUT2D eigenvalue weighted by Crippen LogP contribution is -1.93. The molecule has 0 aromatic heterocycles. The van der Waals surface area contributed by atoms with Crippen LogP contribution in [-0.4, -0.2) is 9.79 Å². The number of hydrogen-bond donors (Lipinski definition) is 2. The lowest BCUT2D eigenvalue weighted by Gasteiger charge is -2.11. The number of benzene rings is 1. The monoisotopic (exact) mass is 228 g/mol. The Morgan fingerprint density at radius 3 is 2.67 bits per heavy atom. The van der Waals surface area contributed by atoms with Gasteiger partial charge >= 0.3 is 8.60 Å². The van der Waals surface area contributed by atoms with Crippen LogP contribution < -0.4 is 4.52 Å². The molecule has 1 aromatic carbocycles. The largest absolute Gasteiger partial charge is 0.427 e. The summed E-state index contributed by atoms with van der Waals surface area (Å²) in [7, 11) is -2.32. The normalized spacial score (nSPS) is 10.7. The molecule has 15 heavy (non-hydrogen) atoms. The molecule has 84 valence electrons. The number of aryl methyl sites for hydroxylation is 2. The molecule has 1 aromatic rings. The van der Waals surface area contributed by atoms with Crippen molar-refractivity contribution in [1.29, 1.82) is 0 Å². The second-order valence-electron chi connectivity index (χ2n) is 3.56. The van der Waals surface area contributed by atoms with E-state index in [4.69, 9.17) is 14.3 Å². The lowest BCUT2D eigenvalue weighted by atomic mass is 10.1. The Labute approximate surface area is 91.7 Å². The highest BCUT2D eigenvalue weighted by molar-refractivity contribution is 7.39. The summed E-state index contributed by atoms with van der Waals surface area (Å²) in [6.45, 7) is 4.14. The molecule has 0 spiro atoms. The first-order valence-corrected chi connectivity index (χ1v) is 6.25. The van der Waals surface area contributed by atoms with E-state index in [1.807, 2.05) is 19.1 Å². The highest BCUT2D eigenvalue weighted by Crippen LogP contribution is 2.32. The van der Waals surface area contributed by atoms with Gasteiger partial charge in [0.1, 0.15) is 5.75 Å². The van der Waals surface area contributed by atoms with Crippen LogP contribution in [0.2, 0.25) is 0 Å². The third kappa shape index (κ3) is 4.17. The van der Waals surface area contributed by atoms with Crippen molar-refractivity contribution < 1.29 is 14.3 Å². The van der Waals surface area contributed by atoms with Crippen LogP contribution in [0.4, 0.5) is 0 Å². The SMILES string of the molecule is CCCCc1cc(C)ccc1OP(O)O. The van der Waals surface area contributed by atoms with Crippen LogP contribution in [-0.2, 0) is 6.42 Å². The molecule has 2 N–H and O–H groups in total. The summed E-state index contributed by atoms with van der Waals surface area (Å²) in [5.41, 5.74) is 2.21. The predicted octanol–water partition coefficient (Wildman–Crippen LogP) is 2.93. The minimum atomic E-state index is -2.32. The molecule has 0 saturated heterocycles. The maximum atomic E-state index is 8.82. The van der Waals surface area contributed by atoms with E-state index in [9.17, 15) is 0 Å². The van der Waals surface area contributed by atoms with Gasteiger partial charge in [0.25, 0.3) is 0 Å². The van der Waals surface area contributed by atoms with E-state index in [1.165, 1.54) is 0 Å². The van der Waals surface area contributed by atoms with E-state index in [-0.39, 0.29) is 0 Å². The first-order chi connectivity index (χ1) is 7.13. The molecule has 0 aliphatic rings. The van der Waals surface area contributed by atoms with Gasteiger partial charge in [0, 0.05) is 0 Å². The third-order valence-electron chi connectivity index (χ3n) is 2.20. The minimum Gasteiger partial charge on any atom is -0.427 e. The number of hydrogen-bond acceptors (Lipinski definition) is 3. The molecule has 4 heteroatoms. The second-order valence-corrected chi connectivity index (χ2v) is 4.25. The average Bonchev–Trinajstić information content (AvgIpc) is 2.18. The number of unbranched alkanes of at least 4 members (excludes halogenated alkanes) is 1. The van der Waals surface area contributed by atoms with Gasteiger partial charge in [0.2, 0.25) is 0 Å². The van der Waals surface area contributed by atoms with Crippen molar-refractivity contribution in [1.82, 2.24) is 0 Å². The van der Waals surface area contributed by atoms with Crippen molar-refractivity contribution in [3.8, 4) is 5.75 Å². The topological polar surface area (TPSA) is 49.7 Å².